The Balaban J connectivity index is 1.24. The Labute approximate surface area is 243 Å². The van der Waals surface area contributed by atoms with E-state index in [9.17, 15) is 9.18 Å². The standard InChI is InChI=1S/C28H27FN6O6S/c1-14-5-18(25-21(6-14)34-24(38-4)11-30-25)26-35-20-7-19(29)22(8-23(20)42-26)39-13-16(3)41-28(37)33-17-9-31-27(32-10-17)40-15(2)12-36/h5-11,15-16,36H,12-13H2,1-4H3,(H,33,37)/t15-,16+/m0/s1. The summed E-state index contributed by atoms with van der Waals surface area (Å²) in [5.41, 5.74) is 3.84. The number of aliphatic hydroxyl groups excluding tert-OH is 1. The Morgan fingerprint density at radius 1 is 1.05 bits per heavy atom. The molecule has 218 valence electrons. The number of nitrogens with zero attached hydrogens (tertiary/aromatic N) is 5. The van der Waals surface area contributed by atoms with Crippen molar-refractivity contribution in [2.24, 2.45) is 0 Å². The molecule has 5 rings (SSSR count). The number of methoxy groups -OCH3 is 1. The molecular formula is C28H27FN6O6S. The van der Waals surface area contributed by atoms with Gasteiger partial charge in [-0.05, 0) is 38.5 Å². The zero-order valence-corrected chi connectivity index (χ0v) is 23.9. The minimum atomic E-state index is -0.763. The highest BCUT2D eigenvalue weighted by molar-refractivity contribution is 7.21. The number of aromatic nitrogens is 5. The highest BCUT2D eigenvalue weighted by Crippen LogP contribution is 2.37. The summed E-state index contributed by atoms with van der Waals surface area (Å²) in [4.78, 5) is 33.8. The Morgan fingerprint density at radius 3 is 2.57 bits per heavy atom. The zero-order valence-electron chi connectivity index (χ0n) is 23.1. The lowest BCUT2D eigenvalue weighted by Crippen LogP contribution is -2.25. The van der Waals surface area contributed by atoms with Crippen LogP contribution >= 0.6 is 11.3 Å². The molecule has 2 aromatic carbocycles. The van der Waals surface area contributed by atoms with Crippen LogP contribution in [0, 0.1) is 12.7 Å². The molecule has 3 aromatic heterocycles. The number of thiazole rings is 1. The predicted molar refractivity (Wildman–Crippen MR) is 154 cm³/mol. The van der Waals surface area contributed by atoms with E-state index in [0.717, 1.165) is 11.1 Å². The van der Waals surface area contributed by atoms with E-state index in [1.165, 1.54) is 36.9 Å². The second kappa shape index (κ2) is 12.4. The maximum atomic E-state index is 14.9. The molecule has 42 heavy (non-hydrogen) atoms. The van der Waals surface area contributed by atoms with Crippen LogP contribution in [0.5, 0.6) is 17.6 Å². The van der Waals surface area contributed by atoms with Crippen molar-refractivity contribution in [1.29, 1.82) is 0 Å². The maximum Gasteiger partial charge on any atom is 0.412 e. The number of fused-ring (bicyclic) bond motifs is 2. The number of hydrogen-bond acceptors (Lipinski definition) is 12. The molecule has 2 atom stereocenters. The first-order chi connectivity index (χ1) is 20.2. The minimum Gasteiger partial charge on any atom is -0.487 e. The van der Waals surface area contributed by atoms with Crippen molar-refractivity contribution in [2.45, 2.75) is 33.0 Å². The summed E-state index contributed by atoms with van der Waals surface area (Å²) >= 11 is 1.37. The average Bonchev–Trinajstić information content (AvgIpc) is 3.38. The second-order valence-electron chi connectivity index (χ2n) is 9.38. The van der Waals surface area contributed by atoms with Crippen molar-refractivity contribution < 1.29 is 33.2 Å². The van der Waals surface area contributed by atoms with Gasteiger partial charge in [0.05, 0.1) is 59.2 Å². The molecule has 12 nitrogen and oxygen atoms in total. The van der Waals surface area contributed by atoms with E-state index in [0.29, 0.717) is 32.1 Å². The van der Waals surface area contributed by atoms with Crippen molar-refractivity contribution in [2.75, 3.05) is 25.6 Å². The highest BCUT2D eigenvalue weighted by Gasteiger charge is 2.17. The van der Waals surface area contributed by atoms with Gasteiger partial charge in [0, 0.05) is 17.7 Å². The van der Waals surface area contributed by atoms with Gasteiger partial charge in [-0.1, -0.05) is 0 Å². The van der Waals surface area contributed by atoms with E-state index in [4.69, 9.17) is 24.1 Å². The van der Waals surface area contributed by atoms with Crippen LogP contribution in [0.2, 0.25) is 0 Å². The third-order valence-electron chi connectivity index (χ3n) is 5.87. The normalized spacial score (nSPS) is 12.6. The molecule has 0 aliphatic carbocycles. The van der Waals surface area contributed by atoms with Crippen molar-refractivity contribution in [3.63, 3.8) is 0 Å². The lowest BCUT2D eigenvalue weighted by Gasteiger charge is -2.15. The molecule has 0 radical (unpaired) electrons. The number of amides is 1. The quantitative estimate of drug-likeness (QED) is 0.227. The van der Waals surface area contributed by atoms with Crippen LogP contribution in [-0.4, -0.2) is 68.7 Å². The molecular weight excluding hydrogens is 567 g/mol. The molecule has 0 spiro atoms. The van der Waals surface area contributed by atoms with Crippen LogP contribution in [0.25, 0.3) is 31.8 Å². The van der Waals surface area contributed by atoms with Crippen LogP contribution in [-0.2, 0) is 4.74 Å². The van der Waals surface area contributed by atoms with E-state index in [1.54, 1.807) is 26.1 Å². The summed E-state index contributed by atoms with van der Waals surface area (Å²) in [6, 6.07) is 6.82. The summed E-state index contributed by atoms with van der Waals surface area (Å²) in [6.07, 6.45) is 2.29. The highest BCUT2D eigenvalue weighted by atomic mass is 32.1. The summed E-state index contributed by atoms with van der Waals surface area (Å²) in [5, 5.41) is 12.2. The van der Waals surface area contributed by atoms with Crippen molar-refractivity contribution in [3.8, 4) is 28.2 Å². The molecule has 0 saturated carbocycles. The van der Waals surface area contributed by atoms with Crippen LogP contribution in [0.3, 0.4) is 0 Å². The van der Waals surface area contributed by atoms with Gasteiger partial charge in [-0.2, -0.15) is 0 Å². The van der Waals surface area contributed by atoms with E-state index in [-0.39, 0.29) is 30.7 Å². The first-order valence-electron chi connectivity index (χ1n) is 12.8. The van der Waals surface area contributed by atoms with Gasteiger partial charge in [-0.3, -0.25) is 5.32 Å². The average molecular weight is 595 g/mol. The van der Waals surface area contributed by atoms with Gasteiger partial charge < -0.3 is 24.1 Å². The van der Waals surface area contributed by atoms with Gasteiger partial charge in [0.2, 0.25) is 5.88 Å². The molecule has 0 saturated heterocycles. The second-order valence-corrected chi connectivity index (χ2v) is 10.4. The smallest absolute Gasteiger partial charge is 0.412 e. The molecule has 0 aliphatic heterocycles. The first kappa shape index (κ1) is 28.8. The van der Waals surface area contributed by atoms with Gasteiger partial charge in [-0.15, -0.1) is 11.3 Å². The third kappa shape index (κ3) is 6.61. The number of hydrogen-bond donors (Lipinski definition) is 2. The van der Waals surface area contributed by atoms with Crippen LogP contribution in [0.15, 0.2) is 42.9 Å². The molecule has 0 aliphatic rings. The summed E-state index contributed by atoms with van der Waals surface area (Å²) in [7, 11) is 1.53. The first-order valence-corrected chi connectivity index (χ1v) is 13.7. The largest absolute Gasteiger partial charge is 0.487 e. The number of aryl methyl sites for hydroxylation is 1. The molecule has 5 aromatic rings. The molecule has 0 bridgehead atoms. The van der Waals surface area contributed by atoms with Gasteiger partial charge >= 0.3 is 12.1 Å². The zero-order chi connectivity index (χ0) is 29.8. The fourth-order valence-electron chi connectivity index (χ4n) is 3.89. The Morgan fingerprint density at radius 2 is 1.83 bits per heavy atom. The molecule has 1 amide bonds. The lowest BCUT2D eigenvalue weighted by molar-refractivity contribution is 0.0843. The summed E-state index contributed by atoms with van der Waals surface area (Å²) in [5.74, 6) is -0.177. The fraction of sp³-hybridized carbons (Fsp3) is 0.286. The van der Waals surface area contributed by atoms with Crippen molar-refractivity contribution in [3.05, 3.63) is 54.2 Å². The lowest BCUT2D eigenvalue weighted by atomic mass is 10.1. The van der Waals surface area contributed by atoms with Crippen LogP contribution < -0.4 is 19.5 Å². The molecule has 2 N–H and O–H groups in total. The molecule has 0 unspecified atom stereocenters. The number of nitrogens with one attached hydrogen (secondary N) is 1. The molecule has 14 heteroatoms. The topological polar surface area (TPSA) is 151 Å². The van der Waals surface area contributed by atoms with Crippen molar-refractivity contribution in [1.82, 2.24) is 24.9 Å². The van der Waals surface area contributed by atoms with E-state index >= 15 is 0 Å². The van der Waals surface area contributed by atoms with Crippen LogP contribution in [0.4, 0.5) is 14.9 Å². The van der Waals surface area contributed by atoms with Crippen LogP contribution in [0.1, 0.15) is 19.4 Å². The Bertz CT molecular complexity index is 1730. The van der Waals surface area contributed by atoms with Gasteiger partial charge in [0.1, 0.15) is 23.8 Å². The third-order valence-corrected chi connectivity index (χ3v) is 6.92. The number of anilines is 1. The summed E-state index contributed by atoms with van der Waals surface area (Å²) < 4.78 is 37.0. The molecule has 0 fully saturated rings. The SMILES string of the molecule is COc1cnc2c(-c3nc4cc(F)c(OC[C@@H](C)OC(=O)Nc5cnc(O[C@@H](C)CO)nc5)cc4s3)cc(C)cc2n1. The number of carbonyl (C=O) groups is 1. The number of aliphatic hydroxyl groups is 1. The van der Waals surface area contributed by atoms with Crippen molar-refractivity contribution >= 4 is 44.4 Å². The number of carbonyl (C=O) groups excluding carboxylic acids is 1. The number of ether oxygens (including phenoxy) is 4. The van der Waals surface area contributed by atoms with E-state index in [1.807, 2.05) is 19.1 Å². The number of rotatable bonds is 10. The monoisotopic (exact) mass is 594 g/mol. The van der Waals surface area contributed by atoms with Gasteiger partial charge in [-0.25, -0.2) is 34.1 Å². The van der Waals surface area contributed by atoms with E-state index < -0.39 is 24.1 Å². The molecule has 3 heterocycles. The van der Waals surface area contributed by atoms with E-state index in [2.05, 4.69) is 30.2 Å². The number of benzene rings is 2. The minimum absolute atomic E-state index is 0.00767. The maximum absolute atomic E-state index is 14.9. The summed E-state index contributed by atoms with van der Waals surface area (Å²) in [6.45, 7) is 4.95. The van der Waals surface area contributed by atoms with Gasteiger partial charge in [0.15, 0.2) is 11.6 Å². The Kier molecular flexibility index (Phi) is 8.54. The van der Waals surface area contributed by atoms with Gasteiger partial charge in [0.25, 0.3) is 0 Å². The number of halogens is 1. The predicted octanol–water partition coefficient (Wildman–Crippen LogP) is 4.93. The fourth-order valence-corrected chi connectivity index (χ4v) is 4.89. The Hall–Kier alpha value is -4.69.